The molecule has 4 nitrogen and oxygen atoms in total. The van der Waals surface area contributed by atoms with Crippen molar-refractivity contribution in [1.29, 1.82) is 0 Å². The molecule has 1 rings (SSSR count). The molecule has 1 aliphatic rings. The molecular formula is C7H14N2O2. The van der Waals surface area contributed by atoms with Crippen LogP contribution in [0, 0.1) is 5.21 Å². The highest BCUT2D eigenvalue weighted by Crippen LogP contribution is 2.23. The fourth-order valence-corrected chi connectivity index (χ4v) is 1.28. The SMILES string of the molecule is CC1=[N+]([O-])C(C)N(O)C1(C)C. The standard InChI is InChI=1S/C7H14N2O2/c1-5-7(3,4)9(11)6(2)8(5)10/h6,11H,1-4H3. The summed E-state index contributed by atoms with van der Waals surface area (Å²) < 4.78 is 0.833. The second kappa shape index (κ2) is 2.19. The van der Waals surface area contributed by atoms with Gasteiger partial charge in [-0.2, -0.15) is 4.74 Å². The van der Waals surface area contributed by atoms with Crippen LogP contribution >= 0.6 is 0 Å². The normalized spacial score (nSPS) is 31.5. The largest absolute Gasteiger partial charge is 0.623 e. The molecule has 1 atom stereocenters. The molecule has 0 saturated carbocycles. The van der Waals surface area contributed by atoms with E-state index in [1.807, 2.05) is 13.8 Å². The van der Waals surface area contributed by atoms with Gasteiger partial charge in [0.1, 0.15) is 5.54 Å². The Bertz CT molecular complexity index is 210. The second-order valence-electron chi connectivity index (χ2n) is 3.45. The summed E-state index contributed by atoms with van der Waals surface area (Å²) in [5, 5.41) is 21.7. The van der Waals surface area contributed by atoms with E-state index in [2.05, 4.69) is 0 Å². The van der Waals surface area contributed by atoms with Gasteiger partial charge < -0.3 is 10.4 Å². The van der Waals surface area contributed by atoms with E-state index >= 15 is 0 Å². The average Bonchev–Trinajstić information content (AvgIpc) is 2.06. The fourth-order valence-electron chi connectivity index (χ4n) is 1.28. The second-order valence-corrected chi connectivity index (χ2v) is 3.45. The third kappa shape index (κ3) is 0.937. The Balaban J connectivity index is 3.06. The Morgan fingerprint density at radius 3 is 2.18 bits per heavy atom. The molecule has 0 aromatic carbocycles. The highest BCUT2D eigenvalue weighted by Gasteiger charge is 2.46. The Kier molecular flexibility index (Phi) is 1.69. The summed E-state index contributed by atoms with van der Waals surface area (Å²) >= 11 is 0. The summed E-state index contributed by atoms with van der Waals surface area (Å²) in [5.74, 6) is 0. The van der Waals surface area contributed by atoms with Gasteiger partial charge in [0, 0.05) is 13.8 Å². The van der Waals surface area contributed by atoms with Crippen LogP contribution in [0.4, 0.5) is 0 Å². The van der Waals surface area contributed by atoms with Crippen molar-refractivity contribution in [3.63, 3.8) is 0 Å². The van der Waals surface area contributed by atoms with E-state index in [1.165, 1.54) is 0 Å². The van der Waals surface area contributed by atoms with E-state index in [9.17, 15) is 10.4 Å². The average molecular weight is 158 g/mol. The number of hydrogen-bond acceptors (Lipinski definition) is 3. The highest BCUT2D eigenvalue weighted by atomic mass is 16.5. The summed E-state index contributed by atoms with van der Waals surface area (Å²) in [6.45, 7) is 7.04. The van der Waals surface area contributed by atoms with Crippen molar-refractivity contribution in [3.8, 4) is 0 Å². The summed E-state index contributed by atoms with van der Waals surface area (Å²) in [6, 6.07) is 0. The lowest BCUT2D eigenvalue weighted by Crippen LogP contribution is -2.44. The number of nitrogens with zero attached hydrogens (tertiary/aromatic N) is 2. The number of hydroxylamine groups is 3. The first-order valence-electron chi connectivity index (χ1n) is 3.67. The van der Waals surface area contributed by atoms with Crippen molar-refractivity contribution < 1.29 is 9.95 Å². The zero-order valence-electron chi connectivity index (χ0n) is 7.33. The van der Waals surface area contributed by atoms with Crippen LogP contribution in [0.15, 0.2) is 0 Å². The van der Waals surface area contributed by atoms with Crippen molar-refractivity contribution in [2.24, 2.45) is 0 Å². The lowest BCUT2D eigenvalue weighted by atomic mass is 10.0. The van der Waals surface area contributed by atoms with Gasteiger partial charge in [-0.1, -0.05) is 0 Å². The van der Waals surface area contributed by atoms with Crippen LogP contribution in [0.5, 0.6) is 0 Å². The van der Waals surface area contributed by atoms with Crippen LogP contribution in [0.2, 0.25) is 0 Å². The first-order valence-corrected chi connectivity index (χ1v) is 3.67. The van der Waals surface area contributed by atoms with E-state index in [1.54, 1.807) is 13.8 Å². The summed E-state index contributed by atoms with van der Waals surface area (Å²) in [6.07, 6.45) is -0.468. The predicted molar refractivity (Wildman–Crippen MR) is 41.5 cm³/mol. The molecule has 1 unspecified atom stereocenters. The molecule has 0 fully saturated rings. The molecule has 0 spiro atoms. The van der Waals surface area contributed by atoms with Gasteiger partial charge >= 0.3 is 0 Å². The lowest BCUT2D eigenvalue weighted by Gasteiger charge is -2.22. The minimum Gasteiger partial charge on any atom is -0.623 e. The summed E-state index contributed by atoms with van der Waals surface area (Å²) in [7, 11) is 0. The van der Waals surface area contributed by atoms with Gasteiger partial charge in [-0.25, -0.2) is 0 Å². The van der Waals surface area contributed by atoms with Gasteiger partial charge in [0.2, 0.25) is 6.17 Å². The molecule has 0 aromatic rings. The molecule has 0 amide bonds. The zero-order valence-corrected chi connectivity index (χ0v) is 7.33. The third-order valence-electron chi connectivity index (χ3n) is 2.48. The molecule has 1 heterocycles. The molecule has 64 valence electrons. The lowest BCUT2D eigenvalue weighted by molar-refractivity contribution is -0.532. The van der Waals surface area contributed by atoms with Gasteiger partial charge in [0.05, 0.1) is 0 Å². The molecule has 0 saturated heterocycles. The third-order valence-corrected chi connectivity index (χ3v) is 2.48. The van der Waals surface area contributed by atoms with Gasteiger partial charge in [0.25, 0.3) is 0 Å². The van der Waals surface area contributed by atoms with Crippen LogP contribution in [0.1, 0.15) is 27.7 Å². The van der Waals surface area contributed by atoms with Crippen LogP contribution in [0.25, 0.3) is 0 Å². The van der Waals surface area contributed by atoms with Crippen LogP contribution in [-0.4, -0.2) is 32.4 Å². The Morgan fingerprint density at radius 1 is 1.64 bits per heavy atom. The van der Waals surface area contributed by atoms with Crippen molar-refractivity contribution in [1.82, 2.24) is 5.06 Å². The van der Waals surface area contributed by atoms with E-state index in [0.29, 0.717) is 5.71 Å². The minimum absolute atomic E-state index is 0.468. The first kappa shape index (κ1) is 8.49. The van der Waals surface area contributed by atoms with E-state index < -0.39 is 11.7 Å². The topological polar surface area (TPSA) is 49.5 Å². The molecule has 0 aromatic heterocycles. The number of hydrogen-bond donors (Lipinski definition) is 1. The smallest absolute Gasteiger partial charge is 0.238 e. The fraction of sp³-hybridized carbons (Fsp3) is 0.857. The van der Waals surface area contributed by atoms with Crippen molar-refractivity contribution >= 4 is 5.71 Å². The van der Waals surface area contributed by atoms with Gasteiger partial charge in [-0.15, -0.1) is 5.06 Å². The molecule has 0 bridgehead atoms. The molecule has 0 radical (unpaired) electrons. The maximum absolute atomic E-state index is 11.2. The first-order chi connectivity index (χ1) is 4.89. The quantitative estimate of drug-likeness (QED) is 0.419. The molecule has 1 aliphatic heterocycles. The Morgan fingerprint density at radius 2 is 2.09 bits per heavy atom. The van der Waals surface area contributed by atoms with Gasteiger partial charge in [-0.3, -0.25) is 0 Å². The van der Waals surface area contributed by atoms with Gasteiger partial charge in [0.15, 0.2) is 5.71 Å². The Labute approximate surface area is 66.3 Å². The zero-order chi connectivity index (χ0) is 8.81. The molecule has 11 heavy (non-hydrogen) atoms. The van der Waals surface area contributed by atoms with Crippen molar-refractivity contribution in [3.05, 3.63) is 5.21 Å². The molecule has 1 N–H and O–H groups in total. The maximum atomic E-state index is 11.2. The summed E-state index contributed by atoms with van der Waals surface area (Å²) in [5.41, 5.74) is 0.119. The molecule has 0 aliphatic carbocycles. The van der Waals surface area contributed by atoms with Crippen LogP contribution in [-0.2, 0) is 0 Å². The highest BCUT2D eigenvalue weighted by molar-refractivity contribution is 5.87. The van der Waals surface area contributed by atoms with E-state index in [0.717, 1.165) is 9.80 Å². The summed E-state index contributed by atoms with van der Waals surface area (Å²) in [4.78, 5) is 0. The molecular weight excluding hydrogens is 144 g/mol. The van der Waals surface area contributed by atoms with E-state index in [-0.39, 0.29) is 0 Å². The Hall–Kier alpha value is -0.610. The van der Waals surface area contributed by atoms with Gasteiger partial charge in [-0.05, 0) is 13.8 Å². The van der Waals surface area contributed by atoms with Crippen molar-refractivity contribution in [2.45, 2.75) is 39.4 Å². The van der Waals surface area contributed by atoms with Crippen molar-refractivity contribution in [2.75, 3.05) is 0 Å². The monoisotopic (exact) mass is 158 g/mol. The van der Waals surface area contributed by atoms with Crippen LogP contribution in [0.3, 0.4) is 0 Å². The maximum Gasteiger partial charge on any atom is 0.238 e. The predicted octanol–water partition coefficient (Wildman–Crippen LogP) is 0.787. The minimum atomic E-state index is -0.527. The van der Waals surface area contributed by atoms with E-state index in [4.69, 9.17) is 0 Å². The number of rotatable bonds is 0. The van der Waals surface area contributed by atoms with Crippen LogP contribution < -0.4 is 0 Å². The molecule has 4 heteroatoms.